The Balaban J connectivity index is 1.26. The smallest absolute Gasteiger partial charge is 0.247 e. The van der Waals surface area contributed by atoms with Gasteiger partial charge in [0.15, 0.2) is 11.5 Å². The summed E-state index contributed by atoms with van der Waals surface area (Å²) in [5.41, 5.74) is 4.78. The highest BCUT2D eigenvalue weighted by Crippen LogP contribution is 2.27. The molecule has 2 aromatic carbocycles. The van der Waals surface area contributed by atoms with Crippen LogP contribution >= 0.6 is 0 Å². The molecule has 4 N–H and O–H groups in total. The number of aromatic amines is 1. The van der Waals surface area contributed by atoms with Crippen LogP contribution in [0.15, 0.2) is 66.7 Å². The summed E-state index contributed by atoms with van der Waals surface area (Å²) in [4.78, 5) is 4.65. The molecule has 1 saturated heterocycles. The summed E-state index contributed by atoms with van der Waals surface area (Å²) in [5, 5.41) is 23.7. The minimum Gasteiger partial charge on any atom is -0.365 e. The molecule has 0 bridgehead atoms. The highest BCUT2D eigenvalue weighted by atomic mass is 15.4. The van der Waals surface area contributed by atoms with Crippen molar-refractivity contribution in [3.63, 3.8) is 0 Å². The normalized spacial score (nSPS) is 14.8. The van der Waals surface area contributed by atoms with Crippen LogP contribution in [-0.2, 0) is 0 Å². The maximum absolute atomic E-state index is 4.70. The molecule has 0 spiro atoms. The second-order valence-electron chi connectivity index (χ2n) is 8.11. The fourth-order valence-corrected chi connectivity index (χ4v) is 4.28. The number of piperidine rings is 1. The highest BCUT2D eigenvalue weighted by molar-refractivity contribution is 5.92. The number of nitrogens with zero attached hydrogens (tertiary/aromatic N) is 4. The van der Waals surface area contributed by atoms with E-state index in [0.29, 0.717) is 12.0 Å². The van der Waals surface area contributed by atoms with Crippen LogP contribution in [0.5, 0.6) is 0 Å². The third-order valence-electron chi connectivity index (χ3n) is 5.93. The van der Waals surface area contributed by atoms with Crippen LogP contribution < -0.4 is 16.0 Å². The number of rotatable bonds is 5. The Morgan fingerprint density at radius 2 is 1.81 bits per heavy atom. The maximum Gasteiger partial charge on any atom is 0.247 e. The van der Waals surface area contributed by atoms with E-state index in [1.165, 1.54) is 0 Å². The molecule has 3 aromatic heterocycles. The van der Waals surface area contributed by atoms with Crippen molar-refractivity contribution in [3.8, 4) is 11.3 Å². The fourth-order valence-electron chi connectivity index (χ4n) is 4.28. The van der Waals surface area contributed by atoms with Gasteiger partial charge in [-0.2, -0.15) is 10.1 Å². The van der Waals surface area contributed by atoms with Gasteiger partial charge >= 0.3 is 0 Å². The summed E-state index contributed by atoms with van der Waals surface area (Å²) in [6.07, 6.45) is 2.22. The monoisotopic (exact) mass is 424 g/mol. The first kappa shape index (κ1) is 18.8. The Bertz CT molecular complexity index is 1370. The van der Waals surface area contributed by atoms with Crippen molar-refractivity contribution in [3.05, 3.63) is 66.7 Å². The molecule has 1 aliphatic rings. The standard InChI is InChI=1S/C24H24N8/c1-2-5-16(6-3-1)21-7-4-8-22-28-24(31-32(21)22)27-18-9-10-19-20(15-18)29-30-23(19)26-17-11-13-25-14-12-17/h1-10,15,17,25H,11-14H2,(H,27,31)(H2,26,29,30). The highest BCUT2D eigenvalue weighted by Gasteiger charge is 2.16. The Morgan fingerprint density at radius 3 is 2.69 bits per heavy atom. The van der Waals surface area contributed by atoms with Crippen LogP contribution in [0.4, 0.5) is 17.5 Å². The zero-order valence-electron chi connectivity index (χ0n) is 17.5. The van der Waals surface area contributed by atoms with Gasteiger partial charge in [0.2, 0.25) is 5.95 Å². The number of anilines is 3. The summed E-state index contributed by atoms with van der Waals surface area (Å²) in [5.74, 6) is 1.47. The molecule has 8 heteroatoms. The molecule has 5 aromatic rings. The molecule has 0 amide bonds. The lowest BCUT2D eigenvalue weighted by Crippen LogP contribution is -2.35. The van der Waals surface area contributed by atoms with Gasteiger partial charge in [-0.25, -0.2) is 4.52 Å². The van der Waals surface area contributed by atoms with Crippen LogP contribution in [0.1, 0.15) is 12.8 Å². The zero-order valence-corrected chi connectivity index (χ0v) is 17.5. The van der Waals surface area contributed by atoms with Crippen LogP contribution in [-0.4, -0.2) is 43.9 Å². The van der Waals surface area contributed by atoms with E-state index >= 15 is 0 Å². The number of hydrogen-bond donors (Lipinski definition) is 4. The second-order valence-corrected chi connectivity index (χ2v) is 8.11. The van der Waals surface area contributed by atoms with Crippen LogP contribution in [0.25, 0.3) is 27.8 Å². The summed E-state index contributed by atoms with van der Waals surface area (Å²) < 4.78 is 1.87. The molecule has 1 fully saturated rings. The van der Waals surface area contributed by atoms with Crippen LogP contribution in [0.3, 0.4) is 0 Å². The topological polar surface area (TPSA) is 95.0 Å². The van der Waals surface area contributed by atoms with Crippen molar-refractivity contribution in [2.45, 2.75) is 18.9 Å². The van der Waals surface area contributed by atoms with Gasteiger partial charge < -0.3 is 16.0 Å². The number of fused-ring (bicyclic) bond motifs is 2. The van der Waals surface area contributed by atoms with Gasteiger partial charge in [-0.05, 0) is 56.3 Å². The van der Waals surface area contributed by atoms with Crippen molar-refractivity contribution in [1.29, 1.82) is 0 Å². The molecule has 8 nitrogen and oxygen atoms in total. The molecule has 160 valence electrons. The van der Waals surface area contributed by atoms with Gasteiger partial charge in [-0.15, -0.1) is 5.10 Å². The van der Waals surface area contributed by atoms with E-state index in [9.17, 15) is 0 Å². The lowest BCUT2D eigenvalue weighted by atomic mass is 10.1. The third kappa shape index (κ3) is 3.54. The quantitative estimate of drug-likeness (QED) is 0.338. The largest absolute Gasteiger partial charge is 0.365 e. The zero-order chi connectivity index (χ0) is 21.3. The van der Waals surface area contributed by atoms with Gasteiger partial charge in [0.1, 0.15) is 0 Å². The fraction of sp³-hybridized carbons (Fsp3) is 0.208. The first-order valence-corrected chi connectivity index (χ1v) is 11.0. The van der Waals surface area contributed by atoms with E-state index in [0.717, 1.165) is 65.2 Å². The average Bonchev–Trinajstić information content (AvgIpc) is 3.43. The Hall–Kier alpha value is -3.91. The SMILES string of the molecule is c1ccc(-c2cccc3nc(Nc4ccc5c(NC6CCNCC6)n[nH]c5c4)nn23)cc1. The number of benzene rings is 2. The molecule has 0 saturated carbocycles. The van der Waals surface area contributed by atoms with Crippen molar-refractivity contribution in [2.75, 3.05) is 23.7 Å². The van der Waals surface area contributed by atoms with E-state index < -0.39 is 0 Å². The van der Waals surface area contributed by atoms with Gasteiger partial charge in [0, 0.05) is 22.7 Å². The molecular formula is C24H24N8. The summed E-state index contributed by atoms with van der Waals surface area (Å²) in [6, 6.07) is 22.8. The van der Waals surface area contributed by atoms with E-state index in [2.05, 4.69) is 49.3 Å². The Morgan fingerprint density at radius 1 is 0.938 bits per heavy atom. The first-order valence-electron chi connectivity index (χ1n) is 11.0. The lowest BCUT2D eigenvalue weighted by Gasteiger charge is -2.23. The molecule has 32 heavy (non-hydrogen) atoms. The summed E-state index contributed by atoms with van der Waals surface area (Å²) in [6.45, 7) is 2.10. The first-order chi connectivity index (χ1) is 15.8. The van der Waals surface area contributed by atoms with Gasteiger partial charge in [-0.1, -0.05) is 36.4 Å². The van der Waals surface area contributed by atoms with E-state index in [1.54, 1.807) is 0 Å². The molecule has 4 heterocycles. The molecule has 0 atom stereocenters. The van der Waals surface area contributed by atoms with Crippen molar-refractivity contribution in [2.24, 2.45) is 0 Å². The number of pyridine rings is 1. The van der Waals surface area contributed by atoms with E-state index in [4.69, 9.17) is 5.10 Å². The number of nitrogens with one attached hydrogen (secondary N) is 4. The molecule has 0 unspecified atom stereocenters. The number of H-pyrrole nitrogens is 1. The molecule has 0 aliphatic carbocycles. The van der Waals surface area contributed by atoms with Crippen molar-refractivity contribution >= 4 is 34.0 Å². The molecular weight excluding hydrogens is 400 g/mol. The van der Waals surface area contributed by atoms with Crippen molar-refractivity contribution in [1.82, 2.24) is 30.1 Å². The predicted octanol–water partition coefficient (Wildman–Crippen LogP) is 4.18. The molecule has 1 aliphatic heterocycles. The van der Waals surface area contributed by atoms with E-state index in [-0.39, 0.29) is 0 Å². The van der Waals surface area contributed by atoms with Gasteiger partial charge in [-0.3, -0.25) is 5.10 Å². The summed E-state index contributed by atoms with van der Waals surface area (Å²) in [7, 11) is 0. The minimum atomic E-state index is 0.460. The van der Waals surface area contributed by atoms with Crippen molar-refractivity contribution < 1.29 is 0 Å². The van der Waals surface area contributed by atoms with E-state index in [1.807, 2.05) is 53.0 Å². The third-order valence-corrected chi connectivity index (χ3v) is 5.93. The number of hydrogen-bond acceptors (Lipinski definition) is 6. The Kier molecular flexibility index (Phi) is 4.69. The number of aromatic nitrogens is 5. The van der Waals surface area contributed by atoms with Gasteiger partial charge in [0.05, 0.1) is 11.2 Å². The van der Waals surface area contributed by atoms with Crippen LogP contribution in [0.2, 0.25) is 0 Å². The Labute approximate surface area is 185 Å². The summed E-state index contributed by atoms with van der Waals surface area (Å²) >= 11 is 0. The second kappa shape index (κ2) is 7.97. The maximum atomic E-state index is 4.70. The molecule has 0 radical (unpaired) electrons. The minimum absolute atomic E-state index is 0.460. The van der Waals surface area contributed by atoms with Crippen LogP contribution in [0, 0.1) is 0 Å². The predicted molar refractivity (Wildman–Crippen MR) is 127 cm³/mol. The average molecular weight is 425 g/mol. The lowest BCUT2D eigenvalue weighted by molar-refractivity contribution is 0.478. The molecule has 6 rings (SSSR count). The van der Waals surface area contributed by atoms with Gasteiger partial charge in [0.25, 0.3) is 0 Å².